The average molecular weight is 445 g/mol. The van der Waals surface area contributed by atoms with Crippen molar-refractivity contribution in [1.29, 1.82) is 0 Å². The quantitative estimate of drug-likeness (QED) is 0.632. The van der Waals surface area contributed by atoms with Gasteiger partial charge in [0, 0.05) is 18.8 Å². The number of nitrogens with one attached hydrogen (secondary N) is 1. The molecule has 0 spiro atoms. The number of rotatable bonds is 5. The number of halogens is 2. The molecule has 0 unspecified atom stereocenters. The van der Waals surface area contributed by atoms with Crippen molar-refractivity contribution in [3.8, 4) is 11.5 Å². The summed E-state index contributed by atoms with van der Waals surface area (Å²) in [4.78, 5) is 18.6. The molecule has 0 fully saturated rings. The van der Waals surface area contributed by atoms with Gasteiger partial charge in [-0.1, -0.05) is 6.92 Å². The van der Waals surface area contributed by atoms with E-state index in [4.69, 9.17) is 4.74 Å². The molecule has 160 valence electrons. The average Bonchev–Trinajstić information content (AvgIpc) is 2.85. The van der Waals surface area contributed by atoms with Gasteiger partial charge in [0.15, 0.2) is 23.2 Å². The zero-order valence-electron chi connectivity index (χ0n) is 16.3. The van der Waals surface area contributed by atoms with Gasteiger partial charge in [0.2, 0.25) is 0 Å². The van der Waals surface area contributed by atoms with E-state index in [9.17, 15) is 22.0 Å². The number of sulfonamides is 1. The Morgan fingerprint density at radius 3 is 2.61 bits per heavy atom. The molecule has 7 nitrogen and oxygen atoms in total. The van der Waals surface area contributed by atoms with Crippen LogP contribution in [0.25, 0.3) is 0 Å². The number of hydrogen-bond acceptors (Lipinski definition) is 5. The predicted molar refractivity (Wildman–Crippen MR) is 110 cm³/mol. The lowest BCUT2D eigenvalue weighted by Crippen LogP contribution is -2.31. The van der Waals surface area contributed by atoms with E-state index in [1.807, 2.05) is 6.92 Å². The van der Waals surface area contributed by atoms with Crippen LogP contribution < -0.4 is 14.4 Å². The first-order valence-electron chi connectivity index (χ1n) is 9.37. The van der Waals surface area contributed by atoms with Gasteiger partial charge in [0.05, 0.1) is 16.1 Å². The van der Waals surface area contributed by atoms with Crippen molar-refractivity contribution in [3.05, 3.63) is 71.9 Å². The third-order valence-corrected chi connectivity index (χ3v) is 5.96. The smallest absolute Gasteiger partial charge is 0.263 e. The molecule has 1 aromatic heterocycles. The van der Waals surface area contributed by atoms with E-state index >= 15 is 0 Å². The van der Waals surface area contributed by atoms with Crippen molar-refractivity contribution in [2.75, 3.05) is 16.2 Å². The van der Waals surface area contributed by atoms with E-state index in [0.717, 1.165) is 18.2 Å². The number of carbonyl (C=O) groups is 1. The van der Waals surface area contributed by atoms with Crippen LogP contribution in [0.15, 0.2) is 59.6 Å². The number of ether oxygens (including phenoxy) is 1. The summed E-state index contributed by atoms with van der Waals surface area (Å²) in [6.45, 7) is 2.25. The van der Waals surface area contributed by atoms with Crippen LogP contribution in [0.5, 0.6) is 11.5 Å². The van der Waals surface area contributed by atoms with Crippen molar-refractivity contribution in [3.63, 3.8) is 0 Å². The van der Waals surface area contributed by atoms with Crippen LogP contribution in [0.1, 0.15) is 23.7 Å². The summed E-state index contributed by atoms with van der Waals surface area (Å²) < 4.78 is 60.2. The van der Waals surface area contributed by atoms with Gasteiger partial charge in [-0.05, 0) is 48.9 Å². The zero-order valence-corrected chi connectivity index (χ0v) is 17.1. The maximum atomic E-state index is 13.4. The van der Waals surface area contributed by atoms with Crippen molar-refractivity contribution >= 4 is 27.4 Å². The second kappa shape index (κ2) is 7.95. The highest BCUT2D eigenvalue weighted by Gasteiger charge is 2.30. The third kappa shape index (κ3) is 3.93. The van der Waals surface area contributed by atoms with Crippen LogP contribution in [-0.4, -0.2) is 25.9 Å². The number of anilines is 2. The highest BCUT2D eigenvalue weighted by molar-refractivity contribution is 7.92. The molecule has 2 aromatic carbocycles. The Labute approximate surface area is 177 Å². The molecule has 0 aliphatic carbocycles. The van der Waals surface area contributed by atoms with Crippen LogP contribution in [0.2, 0.25) is 0 Å². The van der Waals surface area contributed by atoms with Gasteiger partial charge in [0.1, 0.15) is 5.75 Å². The molecule has 0 radical (unpaired) electrons. The number of aromatic nitrogens is 1. The van der Waals surface area contributed by atoms with Crippen LogP contribution >= 0.6 is 0 Å². The molecule has 3 aromatic rings. The summed E-state index contributed by atoms with van der Waals surface area (Å²) in [5.41, 5.74) is -0.111. The fourth-order valence-electron chi connectivity index (χ4n) is 3.16. The van der Waals surface area contributed by atoms with E-state index in [1.165, 1.54) is 29.3 Å². The standard InChI is InChI=1S/C21H17F2N3O4S/c1-2-10-26-20-19(4-3-9-24-20)30-18-8-6-14(12-15(18)21(26)27)31(28,29)25-13-5-7-16(22)17(23)11-13/h3-9,11-12,25H,2,10H2,1H3. The predicted octanol–water partition coefficient (Wildman–Crippen LogP) is 4.32. The topological polar surface area (TPSA) is 88.6 Å². The molecule has 4 rings (SSSR count). The van der Waals surface area contributed by atoms with Crippen molar-refractivity contribution in [2.24, 2.45) is 0 Å². The fraction of sp³-hybridized carbons (Fsp3) is 0.143. The fourth-order valence-corrected chi connectivity index (χ4v) is 4.24. The summed E-state index contributed by atoms with van der Waals surface area (Å²) in [5.74, 6) is -1.84. The number of nitrogens with zero attached hydrogens (tertiary/aromatic N) is 2. The number of amides is 1. The number of carbonyl (C=O) groups excluding carboxylic acids is 1. The van der Waals surface area contributed by atoms with Gasteiger partial charge in [-0.3, -0.25) is 14.4 Å². The molecular weight excluding hydrogens is 428 g/mol. The number of hydrogen-bond donors (Lipinski definition) is 1. The first-order valence-corrected chi connectivity index (χ1v) is 10.8. The molecule has 2 heterocycles. The molecule has 1 amide bonds. The lowest BCUT2D eigenvalue weighted by atomic mass is 10.1. The van der Waals surface area contributed by atoms with Crippen molar-refractivity contribution < 1.29 is 26.7 Å². The molecule has 1 aliphatic rings. The van der Waals surface area contributed by atoms with Crippen LogP contribution in [0.4, 0.5) is 20.3 Å². The second-order valence-corrected chi connectivity index (χ2v) is 8.46. The summed E-state index contributed by atoms with van der Waals surface area (Å²) >= 11 is 0. The molecule has 0 bridgehead atoms. The Hall–Kier alpha value is -3.53. The lowest BCUT2D eigenvalue weighted by molar-refractivity contribution is 0.0986. The minimum absolute atomic E-state index is 0.0413. The highest BCUT2D eigenvalue weighted by atomic mass is 32.2. The molecule has 1 N–H and O–H groups in total. The normalized spacial score (nSPS) is 13.1. The van der Waals surface area contributed by atoms with Gasteiger partial charge in [-0.2, -0.15) is 0 Å². The molecule has 31 heavy (non-hydrogen) atoms. The molecule has 0 saturated heterocycles. The highest BCUT2D eigenvalue weighted by Crippen LogP contribution is 2.38. The van der Waals surface area contributed by atoms with Gasteiger partial charge in [-0.15, -0.1) is 0 Å². The van der Waals surface area contributed by atoms with E-state index in [-0.39, 0.29) is 21.9 Å². The van der Waals surface area contributed by atoms with E-state index in [0.29, 0.717) is 24.5 Å². The molecule has 1 aliphatic heterocycles. The Morgan fingerprint density at radius 2 is 1.87 bits per heavy atom. The Bertz CT molecular complexity index is 1280. The summed E-state index contributed by atoms with van der Waals surface area (Å²) in [5, 5.41) is 0. The number of benzene rings is 2. The lowest BCUT2D eigenvalue weighted by Gasteiger charge is -2.20. The minimum atomic E-state index is -4.19. The summed E-state index contributed by atoms with van der Waals surface area (Å²) in [6.07, 6.45) is 2.18. The summed E-state index contributed by atoms with van der Waals surface area (Å²) in [7, 11) is -4.19. The zero-order chi connectivity index (χ0) is 22.2. The molecular formula is C21H17F2N3O4S. The maximum Gasteiger partial charge on any atom is 0.263 e. The Kier molecular flexibility index (Phi) is 5.32. The van der Waals surface area contributed by atoms with Gasteiger partial charge < -0.3 is 4.74 Å². The first kappa shape index (κ1) is 20.7. The van der Waals surface area contributed by atoms with E-state index < -0.39 is 27.6 Å². The third-order valence-electron chi connectivity index (χ3n) is 4.58. The van der Waals surface area contributed by atoms with Gasteiger partial charge >= 0.3 is 0 Å². The maximum absolute atomic E-state index is 13.4. The number of pyridine rings is 1. The number of fused-ring (bicyclic) bond motifs is 2. The second-order valence-electron chi connectivity index (χ2n) is 6.78. The van der Waals surface area contributed by atoms with Crippen LogP contribution in [0.3, 0.4) is 0 Å². The Balaban J connectivity index is 1.74. The van der Waals surface area contributed by atoms with Gasteiger partial charge in [-0.25, -0.2) is 22.2 Å². The largest absolute Gasteiger partial charge is 0.453 e. The van der Waals surface area contributed by atoms with Gasteiger partial charge in [0.25, 0.3) is 15.9 Å². The first-order chi connectivity index (χ1) is 14.8. The van der Waals surface area contributed by atoms with Crippen molar-refractivity contribution in [1.82, 2.24) is 4.98 Å². The van der Waals surface area contributed by atoms with E-state index in [2.05, 4.69) is 9.71 Å². The van der Waals surface area contributed by atoms with Crippen molar-refractivity contribution in [2.45, 2.75) is 18.2 Å². The summed E-state index contributed by atoms with van der Waals surface area (Å²) in [6, 6.07) is 9.81. The molecule has 10 heteroatoms. The SMILES string of the molecule is CCCN1C(=O)c2cc(S(=O)(=O)Nc3ccc(F)c(F)c3)ccc2Oc2cccnc21. The van der Waals surface area contributed by atoms with Crippen LogP contribution in [-0.2, 0) is 10.0 Å². The molecule has 0 atom stereocenters. The van der Waals surface area contributed by atoms with E-state index in [1.54, 1.807) is 12.1 Å². The minimum Gasteiger partial charge on any atom is -0.453 e. The Morgan fingerprint density at radius 1 is 1.06 bits per heavy atom. The molecule has 0 saturated carbocycles. The van der Waals surface area contributed by atoms with Crippen LogP contribution in [0, 0.1) is 11.6 Å². The monoisotopic (exact) mass is 445 g/mol.